The van der Waals surface area contributed by atoms with Gasteiger partial charge < -0.3 is 15.4 Å². The number of piperidine rings is 1. The first kappa shape index (κ1) is 15.3. The number of carbonyl (C=O) groups is 2. The number of carbonyl (C=O) groups excluding carboxylic acids is 2. The molecule has 1 saturated heterocycles. The summed E-state index contributed by atoms with van der Waals surface area (Å²) in [6, 6.07) is 1.52. The maximum atomic E-state index is 12.2. The van der Waals surface area contributed by atoms with Gasteiger partial charge in [0.15, 0.2) is 6.10 Å². The molecule has 0 bridgehead atoms. The van der Waals surface area contributed by atoms with Crippen molar-refractivity contribution in [2.75, 3.05) is 18.8 Å². The summed E-state index contributed by atoms with van der Waals surface area (Å²) in [6.45, 7) is 4.77. The molecule has 1 aliphatic heterocycles. The van der Waals surface area contributed by atoms with E-state index in [0.29, 0.717) is 16.9 Å². The van der Waals surface area contributed by atoms with E-state index in [1.807, 2.05) is 0 Å². The molecule has 1 aliphatic rings. The van der Waals surface area contributed by atoms with Gasteiger partial charge >= 0.3 is 5.97 Å². The smallest absolute Gasteiger partial charge is 0.340 e. The summed E-state index contributed by atoms with van der Waals surface area (Å²) in [6.07, 6.45) is 3.84. The van der Waals surface area contributed by atoms with Crippen molar-refractivity contribution in [2.24, 2.45) is 0 Å². The first-order chi connectivity index (χ1) is 9.99. The molecule has 0 aliphatic carbocycles. The molecular formula is C15H21N3O3. The minimum absolute atomic E-state index is 0.141. The van der Waals surface area contributed by atoms with E-state index >= 15 is 0 Å². The highest BCUT2D eigenvalue weighted by atomic mass is 16.5. The molecule has 1 unspecified atom stereocenters. The fourth-order valence-corrected chi connectivity index (χ4v) is 2.40. The molecule has 21 heavy (non-hydrogen) atoms. The standard InChI is InChI=1S/C15H21N3O3/c1-10-13(8-12(16)9-17-10)15(20)21-11(2)14(19)18-6-4-3-5-7-18/h8-9,11H,3-7,16H2,1-2H3. The van der Waals surface area contributed by atoms with Gasteiger partial charge in [0, 0.05) is 13.1 Å². The Bertz CT molecular complexity index is 539. The summed E-state index contributed by atoms with van der Waals surface area (Å²) >= 11 is 0. The van der Waals surface area contributed by atoms with Crippen LogP contribution in [-0.2, 0) is 9.53 Å². The Morgan fingerprint density at radius 2 is 2.00 bits per heavy atom. The molecule has 0 aromatic carbocycles. The maximum absolute atomic E-state index is 12.2. The van der Waals surface area contributed by atoms with E-state index in [-0.39, 0.29) is 5.91 Å². The minimum atomic E-state index is -0.795. The van der Waals surface area contributed by atoms with Gasteiger partial charge in [-0.05, 0) is 39.2 Å². The predicted molar refractivity (Wildman–Crippen MR) is 78.7 cm³/mol. The number of hydrogen-bond acceptors (Lipinski definition) is 5. The van der Waals surface area contributed by atoms with Gasteiger partial charge in [-0.25, -0.2) is 4.79 Å². The van der Waals surface area contributed by atoms with E-state index in [0.717, 1.165) is 32.4 Å². The molecule has 0 spiro atoms. The number of anilines is 1. The summed E-state index contributed by atoms with van der Waals surface area (Å²) in [5.74, 6) is -0.706. The van der Waals surface area contributed by atoms with Gasteiger partial charge in [0.05, 0.1) is 23.1 Å². The summed E-state index contributed by atoms with van der Waals surface area (Å²) < 4.78 is 5.26. The van der Waals surface area contributed by atoms with E-state index in [1.54, 1.807) is 18.7 Å². The van der Waals surface area contributed by atoms with Gasteiger partial charge in [0.25, 0.3) is 5.91 Å². The van der Waals surface area contributed by atoms with Crippen LogP contribution in [0.5, 0.6) is 0 Å². The van der Waals surface area contributed by atoms with Crippen LogP contribution in [0.3, 0.4) is 0 Å². The molecule has 1 aromatic heterocycles. The van der Waals surface area contributed by atoms with E-state index in [9.17, 15) is 9.59 Å². The van der Waals surface area contributed by atoms with Crippen molar-refractivity contribution in [3.05, 3.63) is 23.5 Å². The average Bonchev–Trinajstić information content (AvgIpc) is 2.49. The van der Waals surface area contributed by atoms with Crippen molar-refractivity contribution < 1.29 is 14.3 Å². The van der Waals surface area contributed by atoms with Crippen LogP contribution in [-0.4, -0.2) is 41.0 Å². The van der Waals surface area contributed by atoms with Crippen molar-refractivity contribution in [3.8, 4) is 0 Å². The van der Waals surface area contributed by atoms with Crippen LogP contribution < -0.4 is 5.73 Å². The van der Waals surface area contributed by atoms with Crippen molar-refractivity contribution in [2.45, 2.75) is 39.2 Å². The van der Waals surface area contributed by atoms with Crippen molar-refractivity contribution in [1.29, 1.82) is 0 Å². The molecule has 1 atom stereocenters. The Morgan fingerprint density at radius 3 is 2.67 bits per heavy atom. The molecule has 1 amide bonds. The molecule has 114 valence electrons. The Balaban J connectivity index is 2.01. The number of nitrogens with two attached hydrogens (primary N) is 1. The molecule has 0 radical (unpaired) electrons. The lowest BCUT2D eigenvalue weighted by Crippen LogP contribution is -2.42. The van der Waals surface area contributed by atoms with Gasteiger partial charge in [0.1, 0.15) is 0 Å². The molecule has 0 saturated carbocycles. The number of likely N-dealkylation sites (tertiary alicyclic amines) is 1. The maximum Gasteiger partial charge on any atom is 0.340 e. The lowest BCUT2D eigenvalue weighted by atomic mass is 10.1. The van der Waals surface area contributed by atoms with Gasteiger partial charge in [-0.3, -0.25) is 9.78 Å². The van der Waals surface area contributed by atoms with E-state index in [4.69, 9.17) is 10.5 Å². The van der Waals surface area contributed by atoms with Crippen LogP contribution in [0.1, 0.15) is 42.2 Å². The summed E-state index contributed by atoms with van der Waals surface area (Å²) in [5.41, 5.74) is 6.85. The number of nitrogen functional groups attached to an aromatic ring is 1. The molecule has 6 heteroatoms. The fourth-order valence-electron chi connectivity index (χ4n) is 2.40. The van der Waals surface area contributed by atoms with Crippen molar-refractivity contribution in [3.63, 3.8) is 0 Å². The molecule has 1 aromatic rings. The van der Waals surface area contributed by atoms with Crippen LogP contribution in [0, 0.1) is 6.92 Å². The number of ether oxygens (including phenoxy) is 1. The van der Waals surface area contributed by atoms with Gasteiger partial charge in [-0.2, -0.15) is 0 Å². The Kier molecular flexibility index (Phi) is 4.77. The molecular weight excluding hydrogens is 270 g/mol. The number of pyridine rings is 1. The number of esters is 1. The van der Waals surface area contributed by atoms with Gasteiger partial charge in [-0.15, -0.1) is 0 Å². The van der Waals surface area contributed by atoms with E-state index < -0.39 is 12.1 Å². The predicted octanol–water partition coefficient (Wildman–Crippen LogP) is 1.53. The SMILES string of the molecule is Cc1ncc(N)cc1C(=O)OC(C)C(=O)N1CCCCC1. The van der Waals surface area contributed by atoms with Crippen LogP contribution in [0.4, 0.5) is 5.69 Å². The first-order valence-corrected chi connectivity index (χ1v) is 7.21. The fraction of sp³-hybridized carbons (Fsp3) is 0.533. The number of amides is 1. The Labute approximate surface area is 124 Å². The summed E-state index contributed by atoms with van der Waals surface area (Å²) in [4.78, 5) is 30.1. The number of nitrogens with zero attached hydrogens (tertiary/aromatic N) is 2. The van der Waals surface area contributed by atoms with Crippen molar-refractivity contribution >= 4 is 17.6 Å². The van der Waals surface area contributed by atoms with Gasteiger partial charge in [0.2, 0.25) is 0 Å². The van der Waals surface area contributed by atoms with Gasteiger partial charge in [-0.1, -0.05) is 0 Å². The quantitative estimate of drug-likeness (QED) is 0.854. The minimum Gasteiger partial charge on any atom is -0.449 e. The third-order valence-electron chi connectivity index (χ3n) is 3.63. The average molecular weight is 291 g/mol. The van der Waals surface area contributed by atoms with E-state index in [1.165, 1.54) is 12.3 Å². The molecule has 2 rings (SSSR count). The number of rotatable bonds is 3. The van der Waals surface area contributed by atoms with Crippen LogP contribution in [0.25, 0.3) is 0 Å². The Hall–Kier alpha value is -2.11. The highest BCUT2D eigenvalue weighted by Gasteiger charge is 2.26. The lowest BCUT2D eigenvalue weighted by Gasteiger charge is -2.29. The second kappa shape index (κ2) is 6.56. The van der Waals surface area contributed by atoms with Crippen LogP contribution in [0.2, 0.25) is 0 Å². The topological polar surface area (TPSA) is 85.5 Å². The molecule has 1 fully saturated rings. The monoisotopic (exact) mass is 291 g/mol. The highest BCUT2D eigenvalue weighted by Crippen LogP contribution is 2.14. The second-order valence-corrected chi connectivity index (χ2v) is 5.34. The normalized spacial score (nSPS) is 16.4. The van der Waals surface area contributed by atoms with Crippen molar-refractivity contribution in [1.82, 2.24) is 9.88 Å². The molecule has 2 N–H and O–H groups in total. The first-order valence-electron chi connectivity index (χ1n) is 7.21. The molecule has 6 nitrogen and oxygen atoms in total. The molecule has 2 heterocycles. The third kappa shape index (κ3) is 3.71. The largest absolute Gasteiger partial charge is 0.449 e. The summed E-state index contributed by atoms with van der Waals surface area (Å²) in [5, 5.41) is 0. The lowest BCUT2D eigenvalue weighted by molar-refractivity contribution is -0.140. The Morgan fingerprint density at radius 1 is 1.33 bits per heavy atom. The van der Waals surface area contributed by atoms with E-state index in [2.05, 4.69) is 4.98 Å². The highest BCUT2D eigenvalue weighted by molar-refractivity contribution is 5.93. The van der Waals surface area contributed by atoms with Crippen LogP contribution >= 0.6 is 0 Å². The van der Waals surface area contributed by atoms with Crippen LogP contribution in [0.15, 0.2) is 12.3 Å². The third-order valence-corrected chi connectivity index (χ3v) is 3.63. The number of aromatic nitrogens is 1. The number of hydrogen-bond donors (Lipinski definition) is 1. The summed E-state index contributed by atoms with van der Waals surface area (Å²) in [7, 11) is 0. The zero-order chi connectivity index (χ0) is 15.4. The zero-order valence-corrected chi connectivity index (χ0v) is 12.5. The zero-order valence-electron chi connectivity index (χ0n) is 12.5. The second-order valence-electron chi connectivity index (χ2n) is 5.34. The number of aryl methyl sites for hydroxylation is 1.